The Hall–Kier alpha value is -2.00. The summed E-state index contributed by atoms with van der Waals surface area (Å²) >= 11 is 0. The van der Waals surface area contributed by atoms with Crippen LogP contribution in [0.2, 0.25) is 0 Å². The second-order valence-electron chi connectivity index (χ2n) is 4.80. The summed E-state index contributed by atoms with van der Waals surface area (Å²) in [6.07, 6.45) is -6.11. The van der Waals surface area contributed by atoms with Crippen LogP contribution in [0.1, 0.15) is 0 Å². The summed E-state index contributed by atoms with van der Waals surface area (Å²) in [5.41, 5.74) is -0.524. The molecule has 2 fully saturated rings. The maximum absolute atomic E-state index is 12.3. The number of amides is 2. The molecule has 1 N–H and O–H groups in total. The second kappa shape index (κ2) is 4.53. The van der Waals surface area contributed by atoms with E-state index in [2.05, 4.69) is 9.99 Å². The first kappa shape index (κ1) is 14.4. The topological polar surface area (TPSA) is 82.4 Å². The molecule has 2 amide bonds. The van der Waals surface area contributed by atoms with Gasteiger partial charge in [0, 0.05) is 19.6 Å². The molecule has 0 radical (unpaired) electrons. The number of carboxylic acid groups (broad SMARTS) is 1. The van der Waals surface area contributed by atoms with Gasteiger partial charge in [0.25, 0.3) is 0 Å². The number of carbonyl (C=O) groups is 2. The van der Waals surface area contributed by atoms with Crippen molar-refractivity contribution in [1.82, 2.24) is 9.80 Å². The molecule has 0 aromatic heterocycles. The van der Waals surface area contributed by atoms with E-state index < -0.39 is 23.6 Å². The summed E-state index contributed by atoms with van der Waals surface area (Å²) in [4.78, 5) is 28.3. The molecule has 2 rings (SSSR count). The standard InChI is InChI=1S/C10H12F3N3O4/c1-20-14-6-2-15(8(18)19)3-9(6)4-16(5-9)7(17)10(11,12)13/h2-5H2,1H3,(H,18,19). The van der Waals surface area contributed by atoms with E-state index in [-0.39, 0.29) is 26.2 Å². The van der Waals surface area contributed by atoms with Gasteiger partial charge in [-0.15, -0.1) is 0 Å². The summed E-state index contributed by atoms with van der Waals surface area (Å²) < 4.78 is 36.9. The normalized spacial score (nSPS) is 23.1. The maximum atomic E-state index is 12.3. The minimum absolute atomic E-state index is 0.00611. The molecule has 1 spiro atoms. The average Bonchev–Trinajstić information content (AvgIpc) is 2.65. The van der Waals surface area contributed by atoms with E-state index in [0.717, 1.165) is 4.90 Å². The van der Waals surface area contributed by atoms with Gasteiger partial charge in [0.2, 0.25) is 0 Å². The molecule has 0 aromatic rings. The zero-order chi connectivity index (χ0) is 15.1. The molecule has 2 saturated heterocycles. The van der Waals surface area contributed by atoms with Crippen LogP contribution in [0.15, 0.2) is 5.16 Å². The van der Waals surface area contributed by atoms with Crippen molar-refractivity contribution in [1.29, 1.82) is 0 Å². The van der Waals surface area contributed by atoms with Crippen molar-refractivity contribution in [2.24, 2.45) is 10.6 Å². The molecule has 0 aromatic carbocycles. The lowest BCUT2D eigenvalue weighted by atomic mass is 9.77. The zero-order valence-electron chi connectivity index (χ0n) is 10.5. The van der Waals surface area contributed by atoms with Gasteiger partial charge >= 0.3 is 18.2 Å². The Bertz CT molecular complexity index is 471. The lowest BCUT2D eigenvalue weighted by molar-refractivity contribution is -0.193. The van der Waals surface area contributed by atoms with Crippen LogP contribution in [0.5, 0.6) is 0 Å². The Labute approximate surface area is 111 Å². The Kier molecular flexibility index (Phi) is 3.26. The van der Waals surface area contributed by atoms with Gasteiger partial charge in [-0.2, -0.15) is 13.2 Å². The van der Waals surface area contributed by atoms with Gasteiger partial charge in [-0.25, -0.2) is 4.79 Å². The molecule has 2 heterocycles. The third-order valence-corrected chi connectivity index (χ3v) is 3.44. The fraction of sp³-hybridized carbons (Fsp3) is 0.700. The van der Waals surface area contributed by atoms with E-state index in [0.29, 0.717) is 10.6 Å². The Morgan fingerprint density at radius 3 is 2.30 bits per heavy atom. The van der Waals surface area contributed by atoms with Gasteiger partial charge in [0.05, 0.1) is 17.7 Å². The van der Waals surface area contributed by atoms with E-state index >= 15 is 0 Å². The molecule has 20 heavy (non-hydrogen) atoms. The molecular formula is C10H12F3N3O4. The van der Waals surface area contributed by atoms with Gasteiger partial charge < -0.3 is 19.7 Å². The van der Waals surface area contributed by atoms with Crippen molar-refractivity contribution in [2.45, 2.75) is 6.18 Å². The minimum atomic E-state index is -4.93. The molecule has 112 valence electrons. The quantitative estimate of drug-likeness (QED) is 0.709. The average molecular weight is 295 g/mol. The van der Waals surface area contributed by atoms with Crippen LogP contribution in [-0.4, -0.2) is 72.1 Å². The van der Waals surface area contributed by atoms with Crippen LogP contribution in [-0.2, 0) is 9.63 Å². The first-order chi connectivity index (χ1) is 9.19. The molecule has 7 nitrogen and oxygen atoms in total. The number of likely N-dealkylation sites (tertiary alicyclic amines) is 2. The molecule has 0 saturated carbocycles. The van der Waals surface area contributed by atoms with Crippen LogP contribution < -0.4 is 0 Å². The van der Waals surface area contributed by atoms with Crippen LogP contribution in [0.4, 0.5) is 18.0 Å². The number of carbonyl (C=O) groups excluding carboxylic acids is 1. The molecule has 10 heteroatoms. The van der Waals surface area contributed by atoms with Gasteiger partial charge in [-0.3, -0.25) is 4.79 Å². The highest BCUT2D eigenvalue weighted by atomic mass is 19.4. The summed E-state index contributed by atoms with van der Waals surface area (Å²) in [6.45, 7) is -0.446. The lowest BCUT2D eigenvalue weighted by Gasteiger charge is -2.47. The molecular weight excluding hydrogens is 283 g/mol. The third kappa shape index (κ3) is 2.25. The van der Waals surface area contributed by atoms with Crippen molar-refractivity contribution in [3.05, 3.63) is 0 Å². The fourth-order valence-corrected chi connectivity index (χ4v) is 2.52. The predicted molar refractivity (Wildman–Crippen MR) is 59.1 cm³/mol. The lowest BCUT2D eigenvalue weighted by Crippen LogP contribution is -2.64. The van der Waals surface area contributed by atoms with Gasteiger partial charge in [-0.1, -0.05) is 5.16 Å². The van der Waals surface area contributed by atoms with Gasteiger partial charge in [-0.05, 0) is 0 Å². The van der Waals surface area contributed by atoms with E-state index in [9.17, 15) is 22.8 Å². The summed E-state index contributed by atoms with van der Waals surface area (Å²) in [5.74, 6) is -1.92. The molecule has 0 unspecified atom stereocenters. The zero-order valence-corrected chi connectivity index (χ0v) is 10.5. The first-order valence-corrected chi connectivity index (χ1v) is 5.64. The number of halogens is 3. The molecule has 2 aliphatic rings. The van der Waals surface area contributed by atoms with Crippen LogP contribution >= 0.6 is 0 Å². The first-order valence-electron chi connectivity index (χ1n) is 5.64. The minimum Gasteiger partial charge on any atom is -0.465 e. The van der Waals surface area contributed by atoms with E-state index in [1.807, 2.05) is 0 Å². The van der Waals surface area contributed by atoms with Crippen LogP contribution in [0, 0.1) is 5.41 Å². The third-order valence-electron chi connectivity index (χ3n) is 3.44. The highest BCUT2D eigenvalue weighted by Crippen LogP contribution is 2.39. The van der Waals surface area contributed by atoms with Gasteiger partial charge in [0.1, 0.15) is 7.11 Å². The smallest absolute Gasteiger partial charge is 0.465 e. The van der Waals surface area contributed by atoms with E-state index in [1.54, 1.807) is 0 Å². The van der Waals surface area contributed by atoms with Crippen LogP contribution in [0.3, 0.4) is 0 Å². The van der Waals surface area contributed by atoms with Crippen LogP contribution in [0.25, 0.3) is 0 Å². The van der Waals surface area contributed by atoms with Crippen molar-refractivity contribution in [3.63, 3.8) is 0 Å². The second-order valence-corrected chi connectivity index (χ2v) is 4.80. The number of alkyl halides is 3. The van der Waals surface area contributed by atoms with E-state index in [1.165, 1.54) is 7.11 Å². The highest BCUT2D eigenvalue weighted by Gasteiger charge is 2.58. The van der Waals surface area contributed by atoms with E-state index in [4.69, 9.17) is 5.11 Å². The molecule has 0 bridgehead atoms. The highest BCUT2D eigenvalue weighted by molar-refractivity contribution is 5.99. The Balaban J connectivity index is 2.11. The SMILES string of the molecule is CON=C1CN(C(=O)O)CC12CN(C(=O)C(F)(F)F)C2. The van der Waals surface area contributed by atoms with Crippen molar-refractivity contribution >= 4 is 17.7 Å². The number of hydrogen-bond donors (Lipinski definition) is 1. The Morgan fingerprint density at radius 2 is 1.85 bits per heavy atom. The summed E-state index contributed by atoms with van der Waals surface area (Å²) in [6, 6.07) is 0. The van der Waals surface area contributed by atoms with Crippen molar-refractivity contribution in [2.75, 3.05) is 33.3 Å². The number of rotatable bonds is 1. The Morgan fingerprint density at radius 1 is 1.30 bits per heavy atom. The largest absolute Gasteiger partial charge is 0.471 e. The molecule has 2 aliphatic heterocycles. The van der Waals surface area contributed by atoms with Crippen molar-refractivity contribution < 1.29 is 32.7 Å². The number of nitrogens with zero attached hydrogens (tertiary/aromatic N) is 3. The number of oxime groups is 1. The van der Waals surface area contributed by atoms with Crippen molar-refractivity contribution in [3.8, 4) is 0 Å². The molecule has 0 aliphatic carbocycles. The molecule has 0 atom stereocenters. The maximum Gasteiger partial charge on any atom is 0.471 e. The summed E-state index contributed by atoms with van der Waals surface area (Å²) in [7, 11) is 1.27. The summed E-state index contributed by atoms with van der Waals surface area (Å²) in [5, 5.41) is 12.6. The fourth-order valence-electron chi connectivity index (χ4n) is 2.52. The van der Waals surface area contributed by atoms with Gasteiger partial charge in [0.15, 0.2) is 0 Å². The predicted octanol–water partition coefficient (Wildman–Crippen LogP) is 0.373. The number of hydrogen-bond acceptors (Lipinski definition) is 4. The monoisotopic (exact) mass is 295 g/mol.